The maximum absolute atomic E-state index is 13.0. The second-order valence-corrected chi connectivity index (χ2v) is 8.52. The first-order valence-electron chi connectivity index (χ1n) is 11.7. The van der Waals surface area contributed by atoms with Gasteiger partial charge < -0.3 is 16.0 Å². The molecule has 0 unspecified atom stereocenters. The Morgan fingerprint density at radius 3 is 1.81 bits per heavy atom. The predicted octanol–water partition coefficient (Wildman–Crippen LogP) is 3.27. The van der Waals surface area contributed by atoms with Crippen LogP contribution in [0.1, 0.15) is 10.4 Å². The molecule has 4 rings (SSSR count). The van der Waals surface area contributed by atoms with Gasteiger partial charge in [-0.1, -0.05) is 30.3 Å². The molecule has 1 aliphatic rings. The molecular formula is C27H28FN5O3. The normalized spacial score (nSPS) is 14.1. The van der Waals surface area contributed by atoms with Crippen LogP contribution in [0, 0.1) is 5.82 Å². The van der Waals surface area contributed by atoms with Crippen LogP contribution in [0.4, 0.5) is 21.5 Å². The minimum atomic E-state index is -0.355. The largest absolute Gasteiger partial charge is 0.325 e. The fraction of sp³-hybridized carbons (Fsp3) is 0.222. The Morgan fingerprint density at radius 2 is 1.17 bits per heavy atom. The standard InChI is InChI=1S/C27H28FN5O3/c28-20-10-12-22(13-11-20)29-25(34)18-32-14-16-33(17-15-32)19-26(35)31-24-9-5-4-8-23(24)27(36)30-21-6-2-1-3-7-21/h1-13H,14-19H2,(H,29,34)(H,30,36)(H,31,35). The highest BCUT2D eigenvalue weighted by Crippen LogP contribution is 2.18. The highest BCUT2D eigenvalue weighted by Gasteiger charge is 2.21. The number of rotatable bonds is 8. The van der Waals surface area contributed by atoms with E-state index in [-0.39, 0.29) is 36.6 Å². The van der Waals surface area contributed by atoms with Crippen LogP contribution in [0.2, 0.25) is 0 Å². The Kier molecular flexibility index (Phi) is 8.38. The molecule has 0 spiro atoms. The third kappa shape index (κ3) is 7.21. The second-order valence-electron chi connectivity index (χ2n) is 8.52. The van der Waals surface area contributed by atoms with Crippen LogP contribution in [0.5, 0.6) is 0 Å². The predicted molar refractivity (Wildman–Crippen MR) is 137 cm³/mol. The first kappa shape index (κ1) is 25.0. The van der Waals surface area contributed by atoms with E-state index in [1.165, 1.54) is 24.3 Å². The summed E-state index contributed by atoms with van der Waals surface area (Å²) in [6.45, 7) is 2.95. The Balaban J connectivity index is 1.23. The van der Waals surface area contributed by atoms with Gasteiger partial charge in [-0.05, 0) is 48.5 Å². The number of carbonyl (C=O) groups excluding carboxylic acids is 3. The van der Waals surface area contributed by atoms with Crippen molar-refractivity contribution in [3.63, 3.8) is 0 Å². The number of hydrogen-bond acceptors (Lipinski definition) is 5. The molecule has 0 atom stereocenters. The van der Waals surface area contributed by atoms with Crippen molar-refractivity contribution in [3.05, 3.63) is 90.2 Å². The summed E-state index contributed by atoms with van der Waals surface area (Å²) in [6, 6.07) is 21.7. The zero-order valence-electron chi connectivity index (χ0n) is 19.7. The van der Waals surface area contributed by atoms with Crippen molar-refractivity contribution >= 4 is 34.8 Å². The van der Waals surface area contributed by atoms with Crippen LogP contribution >= 0.6 is 0 Å². The Hall–Kier alpha value is -4.08. The van der Waals surface area contributed by atoms with Crippen molar-refractivity contribution in [1.82, 2.24) is 9.80 Å². The molecule has 9 heteroatoms. The van der Waals surface area contributed by atoms with Crippen LogP contribution in [0.25, 0.3) is 0 Å². The Bertz CT molecular complexity index is 1200. The van der Waals surface area contributed by atoms with Crippen molar-refractivity contribution in [3.8, 4) is 0 Å². The minimum absolute atomic E-state index is 0.168. The topological polar surface area (TPSA) is 93.8 Å². The van der Waals surface area contributed by atoms with Crippen LogP contribution in [-0.2, 0) is 9.59 Å². The third-order valence-electron chi connectivity index (χ3n) is 5.80. The quantitative estimate of drug-likeness (QED) is 0.452. The van der Waals surface area contributed by atoms with E-state index >= 15 is 0 Å². The van der Waals surface area contributed by atoms with Gasteiger partial charge in [-0.15, -0.1) is 0 Å². The maximum Gasteiger partial charge on any atom is 0.257 e. The molecular weight excluding hydrogens is 461 g/mol. The summed E-state index contributed by atoms with van der Waals surface area (Å²) in [7, 11) is 0. The number of hydrogen-bond donors (Lipinski definition) is 3. The molecule has 186 valence electrons. The fourth-order valence-corrected chi connectivity index (χ4v) is 3.95. The molecule has 8 nitrogen and oxygen atoms in total. The van der Waals surface area contributed by atoms with Gasteiger partial charge in [0.05, 0.1) is 24.3 Å². The lowest BCUT2D eigenvalue weighted by molar-refractivity contribution is -0.120. The van der Waals surface area contributed by atoms with Crippen molar-refractivity contribution < 1.29 is 18.8 Å². The average molecular weight is 490 g/mol. The summed E-state index contributed by atoms with van der Waals surface area (Å²) in [6.07, 6.45) is 0. The molecule has 3 aromatic carbocycles. The monoisotopic (exact) mass is 489 g/mol. The number of nitrogens with zero attached hydrogens (tertiary/aromatic N) is 2. The molecule has 0 aromatic heterocycles. The lowest BCUT2D eigenvalue weighted by atomic mass is 10.1. The highest BCUT2D eigenvalue weighted by atomic mass is 19.1. The van der Waals surface area contributed by atoms with E-state index in [9.17, 15) is 18.8 Å². The van der Waals surface area contributed by atoms with Crippen molar-refractivity contribution in [2.24, 2.45) is 0 Å². The van der Waals surface area contributed by atoms with Crippen LogP contribution in [0.15, 0.2) is 78.9 Å². The number of piperazine rings is 1. The molecule has 3 N–H and O–H groups in total. The molecule has 0 bridgehead atoms. The van der Waals surface area contributed by atoms with Gasteiger partial charge in [-0.3, -0.25) is 24.2 Å². The van der Waals surface area contributed by atoms with Gasteiger partial charge in [-0.2, -0.15) is 0 Å². The summed E-state index contributed by atoms with van der Waals surface area (Å²) in [5.74, 6) is -1.03. The maximum atomic E-state index is 13.0. The van der Waals surface area contributed by atoms with Crippen molar-refractivity contribution in [2.45, 2.75) is 0 Å². The number of para-hydroxylation sites is 2. The van der Waals surface area contributed by atoms with Gasteiger partial charge in [-0.25, -0.2) is 4.39 Å². The van der Waals surface area contributed by atoms with Crippen molar-refractivity contribution in [1.29, 1.82) is 0 Å². The number of halogens is 1. The highest BCUT2D eigenvalue weighted by molar-refractivity contribution is 6.10. The Morgan fingerprint density at radius 1 is 0.639 bits per heavy atom. The lowest BCUT2D eigenvalue weighted by Crippen LogP contribution is -2.50. The molecule has 3 amide bonds. The molecule has 1 fully saturated rings. The lowest BCUT2D eigenvalue weighted by Gasteiger charge is -2.33. The second kappa shape index (κ2) is 12.1. The van der Waals surface area contributed by atoms with Crippen LogP contribution in [-0.4, -0.2) is 66.8 Å². The summed E-state index contributed by atoms with van der Waals surface area (Å²) in [5.41, 5.74) is 2.06. The zero-order valence-corrected chi connectivity index (χ0v) is 19.7. The number of anilines is 3. The summed E-state index contributed by atoms with van der Waals surface area (Å²) in [4.78, 5) is 41.7. The number of benzene rings is 3. The SMILES string of the molecule is O=C(CN1CCN(CC(=O)Nc2ccccc2C(=O)Nc2ccccc2)CC1)Nc1ccc(F)cc1. The third-order valence-corrected chi connectivity index (χ3v) is 5.80. The van der Waals surface area contributed by atoms with Crippen LogP contribution < -0.4 is 16.0 Å². The van der Waals surface area contributed by atoms with E-state index in [1.807, 2.05) is 28.0 Å². The molecule has 1 heterocycles. The molecule has 36 heavy (non-hydrogen) atoms. The first-order valence-corrected chi connectivity index (χ1v) is 11.7. The van der Waals surface area contributed by atoms with Gasteiger partial charge in [0, 0.05) is 37.6 Å². The molecule has 0 radical (unpaired) electrons. The smallest absolute Gasteiger partial charge is 0.257 e. The van der Waals surface area contributed by atoms with Gasteiger partial charge >= 0.3 is 0 Å². The van der Waals surface area contributed by atoms with E-state index in [2.05, 4.69) is 16.0 Å². The van der Waals surface area contributed by atoms with Crippen LogP contribution in [0.3, 0.4) is 0 Å². The number of amides is 3. The summed E-state index contributed by atoms with van der Waals surface area (Å²) >= 11 is 0. The minimum Gasteiger partial charge on any atom is -0.325 e. The summed E-state index contributed by atoms with van der Waals surface area (Å²) in [5, 5.41) is 8.45. The van der Waals surface area contributed by atoms with E-state index in [1.54, 1.807) is 36.4 Å². The molecule has 1 saturated heterocycles. The molecule has 3 aromatic rings. The summed E-state index contributed by atoms with van der Waals surface area (Å²) < 4.78 is 13.0. The number of carbonyl (C=O) groups is 3. The number of nitrogens with one attached hydrogen (secondary N) is 3. The van der Waals surface area contributed by atoms with E-state index < -0.39 is 0 Å². The fourth-order valence-electron chi connectivity index (χ4n) is 3.95. The van der Waals surface area contributed by atoms with E-state index in [4.69, 9.17) is 0 Å². The first-order chi connectivity index (χ1) is 17.5. The molecule has 0 aliphatic carbocycles. The van der Waals surface area contributed by atoms with Gasteiger partial charge in [0.25, 0.3) is 5.91 Å². The van der Waals surface area contributed by atoms with Gasteiger partial charge in [0.2, 0.25) is 11.8 Å². The van der Waals surface area contributed by atoms with Gasteiger partial charge in [0.1, 0.15) is 5.82 Å². The average Bonchev–Trinajstić information content (AvgIpc) is 2.87. The van der Waals surface area contributed by atoms with E-state index in [0.29, 0.717) is 48.8 Å². The Labute approximate surface area is 209 Å². The van der Waals surface area contributed by atoms with Crippen molar-refractivity contribution in [2.75, 3.05) is 55.2 Å². The molecule has 0 saturated carbocycles. The van der Waals surface area contributed by atoms with Gasteiger partial charge in [0.15, 0.2) is 0 Å². The zero-order chi connectivity index (χ0) is 25.3. The van der Waals surface area contributed by atoms with E-state index in [0.717, 1.165) is 0 Å². The molecule has 1 aliphatic heterocycles.